The summed E-state index contributed by atoms with van der Waals surface area (Å²) in [5.41, 5.74) is 4.72. The fourth-order valence-corrected chi connectivity index (χ4v) is 3.32. The molecule has 4 heteroatoms. The predicted octanol–water partition coefficient (Wildman–Crippen LogP) is 4.88. The first-order chi connectivity index (χ1) is 13.2. The normalized spacial score (nSPS) is 12.7. The van der Waals surface area contributed by atoms with Gasteiger partial charge in [0.05, 0.1) is 25.5 Å². The molecule has 0 atom stereocenters. The molecule has 0 aromatic heterocycles. The minimum atomic E-state index is 0.0224. The fraction of sp³-hybridized carbons (Fsp3) is 0.0870. The van der Waals surface area contributed by atoms with Crippen LogP contribution in [0.25, 0.3) is 11.3 Å². The Labute approximate surface area is 158 Å². The monoisotopic (exact) mass is 357 g/mol. The second-order valence-electron chi connectivity index (χ2n) is 6.22. The van der Waals surface area contributed by atoms with Gasteiger partial charge in [0.2, 0.25) is 0 Å². The third-order valence-corrected chi connectivity index (χ3v) is 4.60. The Bertz CT molecular complexity index is 1020. The highest BCUT2D eigenvalue weighted by Crippen LogP contribution is 2.39. The van der Waals surface area contributed by atoms with E-state index < -0.39 is 0 Å². The second-order valence-corrected chi connectivity index (χ2v) is 6.22. The van der Waals surface area contributed by atoms with Crippen molar-refractivity contribution in [2.24, 2.45) is 0 Å². The molecule has 3 aromatic carbocycles. The van der Waals surface area contributed by atoms with E-state index in [4.69, 9.17) is 9.47 Å². The van der Waals surface area contributed by atoms with Crippen LogP contribution in [-0.2, 0) is 0 Å². The van der Waals surface area contributed by atoms with Crippen LogP contribution in [0.3, 0.4) is 0 Å². The highest BCUT2D eigenvalue weighted by molar-refractivity contribution is 6.40. The summed E-state index contributed by atoms with van der Waals surface area (Å²) in [6, 6.07) is 22.9. The number of carbonyl (C=O) groups is 1. The van der Waals surface area contributed by atoms with E-state index in [-0.39, 0.29) is 5.78 Å². The molecule has 0 saturated heterocycles. The van der Waals surface area contributed by atoms with Gasteiger partial charge in [-0.1, -0.05) is 54.6 Å². The lowest BCUT2D eigenvalue weighted by Crippen LogP contribution is -2.02. The van der Waals surface area contributed by atoms with Crippen molar-refractivity contribution in [2.45, 2.75) is 0 Å². The molecule has 4 rings (SSSR count). The first-order valence-corrected chi connectivity index (χ1v) is 8.65. The lowest BCUT2D eigenvalue weighted by molar-refractivity contribution is 0.105. The number of Topliss-reactive ketones (excluding diaryl/α,β-unsaturated/α-hetero) is 1. The summed E-state index contributed by atoms with van der Waals surface area (Å²) in [5.74, 6) is 1.38. The van der Waals surface area contributed by atoms with Crippen molar-refractivity contribution in [3.63, 3.8) is 0 Å². The number of anilines is 1. The zero-order chi connectivity index (χ0) is 18.8. The molecule has 1 aliphatic rings. The molecular weight excluding hydrogens is 338 g/mol. The standard InChI is InChI=1S/C23H19NO3/c1-26-17-12-16(13-18(14-17)27-2)24-22-19-10-6-7-11-20(19)23(25)21(22)15-8-4-3-5-9-15/h3-14,24H,1-2H3. The first-order valence-electron chi connectivity index (χ1n) is 8.65. The van der Waals surface area contributed by atoms with Crippen LogP contribution in [0.2, 0.25) is 0 Å². The van der Waals surface area contributed by atoms with E-state index in [0.29, 0.717) is 22.6 Å². The molecule has 27 heavy (non-hydrogen) atoms. The van der Waals surface area contributed by atoms with Crippen LogP contribution in [0.1, 0.15) is 21.5 Å². The topological polar surface area (TPSA) is 47.6 Å². The first kappa shape index (κ1) is 16.9. The van der Waals surface area contributed by atoms with Gasteiger partial charge in [0.25, 0.3) is 0 Å². The SMILES string of the molecule is COc1cc(NC2=C(c3ccccc3)C(=O)c3ccccc32)cc(OC)c1. The number of fused-ring (bicyclic) bond motifs is 1. The molecule has 0 spiro atoms. The minimum absolute atomic E-state index is 0.0224. The van der Waals surface area contributed by atoms with Gasteiger partial charge in [-0.15, -0.1) is 0 Å². The van der Waals surface area contributed by atoms with Crippen molar-refractivity contribution in [3.05, 3.63) is 89.5 Å². The lowest BCUT2D eigenvalue weighted by atomic mass is 10.0. The molecule has 1 N–H and O–H groups in total. The maximum atomic E-state index is 13.1. The summed E-state index contributed by atoms with van der Waals surface area (Å²) in [6.07, 6.45) is 0. The molecule has 4 nitrogen and oxygen atoms in total. The number of rotatable bonds is 5. The third kappa shape index (κ3) is 3.06. The maximum absolute atomic E-state index is 13.1. The zero-order valence-electron chi connectivity index (χ0n) is 15.2. The summed E-state index contributed by atoms with van der Waals surface area (Å²) in [5, 5.41) is 3.42. The second kappa shape index (κ2) is 7.00. The number of hydrogen-bond acceptors (Lipinski definition) is 4. The Morgan fingerprint density at radius 2 is 1.33 bits per heavy atom. The number of allylic oxidation sites excluding steroid dienone is 1. The van der Waals surface area contributed by atoms with E-state index in [1.165, 1.54) is 0 Å². The van der Waals surface area contributed by atoms with Crippen molar-refractivity contribution >= 4 is 22.7 Å². The largest absolute Gasteiger partial charge is 0.497 e. The number of methoxy groups -OCH3 is 2. The predicted molar refractivity (Wildman–Crippen MR) is 107 cm³/mol. The molecule has 1 aliphatic carbocycles. The Hall–Kier alpha value is -3.53. The highest BCUT2D eigenvalue weighted by Gasteiger charge is 2.30. The summed E-state index contributed by atoms with van der Waals surface area (Å²) < 4.78 is 10.7. The van der Waals surface area contributed by atoms with Crippen LogP contribution in [-0.4, -0.2) is 20.0 Å². The van der Waals surface area contributed by atoms with E-state index in [1.807, 2.05) is 72.8 Å². The Kier molecular flexibility index (Phi) is 4.38. The van der Waals surface area contributed by atoms with E-state index in [9.17, 15) is 4.79 Å². The van der Waals surface area contributed by atoms with Gasteiger partial charge in [-0.05, 0) is 5.56 Å². The van der Waals surface area contributed by atoms with Crippen LogP contribution in [0, 0.1) is 0 Å². The molecule has 0 unspecified atom stereocenters. The van der Waals surface area contributed by atoms with Gasteiger partial charge in [0.15, 0.2) is 5.78 Å². The fourth-order valence-electron chi connectivity index (χ4n) is 3.32. The molecular formula is C23H19NO3. The van der Waals surface area contributed by atoms with E-state index in [0.717, 1.165) is 22.5 Å². The number of carbonyl (C=O) groups excluding carboxylic acids is 1. The van der Waals surface area contributed by atoms with Gasteiger partial charge in [-0.3, -0.25) is 4.79 Å². The van der Waals surface area contributed by atoms with E-state index in [2.05, 4.69) is 5.32 Å². The molecule has 0 amide bonds. The molecule has 0 bridgehead atoms. The zero-order valence-corrected chi connectivity index (χ0v) is 15.2. The van der Waals surface area contributed by atoms with Crippen LogP contribution in [0.4, 0.5) is 5.69 Å². The number of ketones is 1. The maximum Gasteiger partial charge on any atom is 0.196 e. The van der Waals surface area contributed by atoms with Gasteiger partial charge in [0, 0.05) is 35.0 Å². The molecule has 0 aliphatic heterocycles. The smallest absolute Gasteiger partial charge is 0.196 e. The van der Waals surface area contributed by atoms with E-state index >= 15 is 0 Å². The van der Waals surface area contributed by atoms with Crippen LogP contribution < -0.4 is 14.8 Å². The summed E-state index contributed by atoms with van der Waals surface area (Å²) in [6.45, 7) is 0. The van der Waals surface area contributed by atoms with Crippen molar-refractivity contribution < 1.29 is 14.3 Å². The van der Waals surface area contributed by atoms with Crippen molar-refractivity contribution in [2.75, 3.05) is 19.5 Å². The average molecular weight is 357 g/mol. The highest BCUT2D eigenvalue weighted by atomic mass is 16.5. The Balaban J connectivity index is 1.87. The summed E-state index contributed by atoms with van der Waals surface area (Å²) in [4.78, 5) is 13.1. The van der Waals surface area contributed by atoms with Crippen LogP contribution >= 0.6 is 0 Å². The van der Waals surface area contributed by atoms with Gasteiger partial charge in [-0.2, -0.15) is 0 Å². The molecule has 0 radical (unpaired) electrons. The van der Waals surface area contributed by atoms with Crippen molar-refractivity contribution in [1.82, 2.24) is 0 Å². The molecule has 3 aromatic rings. The Morgan fingerprint density at radius 1 is 0.741 bits per heavy atom. The number of benzene rings is 3. The lowest BCUT2D eigenvalue weighted by Gasteiger charge is -2.14. The summed E-state index contributed by atoms with van der Waals surface area (Å²) in [7, 11) is 3.23. The Morgan fingerprint density at radius 3 is 1.96 bits per heavy atom. The quantitative estimate of drug-likeness (QED) is 0.707. The van der Waals surface area contributed by atoms with Gasteiger partial charge in [0.1, 0.15) is 11.5 Å². The van der Waals surface area contributed by atoms with E-state index in [1.54, 1.807) is 14.2 Å². The molecule has 0 heterocycles. The van der Waals surface area contributed by atoms with Crippen LogP contribution in [0.15, 0.2) is 72.8 Å². The number of ether oxygens (including phenoxy) is 2. The summed E-state index contributed by atoms with van der Waals surface area (Å²) >= 11 is 0. The average Bonchev–Trinajstić information content (AvgIpc) is 3.00. The van der Waals surface area contributed by atoms with Gasteiger partial charge < -0.3 is 14.8 Å². The molecule has 134 valence electrons. The van der Waals surface area contributed by atoms with Crippen LogP contribution in [0.5, 0.6) is 11.5 Å². The van der Waals surface area contributed by atoms with Gasteiger partial charge >= 0.3 is 0 Å². The van der Waals surface area contributed by atoms with Crippen molar-refractivity contribution in [3.8, 4) is 11.5 Å². The minimum Gasteiger partial charge on any atom is -0.497 e. The van der Waals surface area contributed by atoms with Crippen molar-refractivity contribution in [1.29, 1.82) is 0 Å². The number of nitrogens with one attached hydrogen (secondary N) is 1. The third-order valence-electron chi connectivity index (χ3n) is 4.60. The molecule has 0 fully saturated rings. The number of hydrogen-bond donors (Lipinski definition) is 1. The van der Waals surface area contributed by atoms with Gasteiger partial charge in [-0.25, -0.2) is 0 Å². The molecule has 0 saturated carbocycles.